The number of aryl methyl sites for hydroxylation is 2. The topological polar surface area (TPSA) is 90.0 Å². The molecule has 1 heterocycles. The summed E-state index contributed by atoms with van der Waals surface area (Å²) >= 11 is 0. The summed E-state index contributed by atoms with van der Waals surface area (Å²) in [4.78, 5) is 24.3. The van der Waals surface area contributed by atoms with Crippen molar-refractivity contribution in [1.29, 1.82) is 0 Å². The number of hydrogen-bond donors (Lipinski definition) is 2. The van der Waals surface area contributed by atoms with Crippen molar-refractivity contribution in [3.05, 3.63) is 52.8 Å². The third-order valence-electron chi connectivity index (χ3n) is 4.10. The van der Waals surface area contributed by atoms with Crippen LogP contribution in [0, 0.1) is 13.8 Å². The second-order valence-electron chi connectivity index (χ2n) is 5.68. The van der Waals surface area contributed by atoms with Crippen LogP contribution in [0.15, 0.2) is 30.3 Å². The Bertz CT molecular complexity index is 722. The molecule has 122 valence electrons. The average molecular weight is 314 g/mol. The average Bonchev–Trinajstić information content (AvgIpc) is 2.77. The zero-order valence-electron chi connectivity index (χ0n) is 13.8. The van der Waals surface area contributed by atoms with Crippen molar-refractivity contribution in [3.63, 3.8) is 0 Å². The summed E-state index contributed by atoms with van der Waals surface area (Å²) in [6.07, 6.45) is 0. The number of nitrogens with two attached hydrogens (primary N) is 1. The molecule has 2 amide bonds. The molecule has 0 bridgehead atoms. The molecule has 1 aromatic carbocycles. The number of carbonyl (C=O) groups is 2. The molecule has 0 aliphatic heterocycles. The first-order valence-corrected chi connectivity index (χ1v) is 7.47. The quantitative estimate of drug-likeness (QED) is 0.876. The number of amides is 2. The molecular weight excluding hydrogens is 292 g/mol. The Kier molecular flexibility index (Phi) is 4.83. The lowest BCUT2D eigenvalue weighted by Gasteiger charge is -2.19. The highest BCUT2D eigenvalue weighted by atomic mass is 16.2. The van der Waals surface area contributed by atoms with Crippen molar-refractivity contribution in [2.24, 2.45) is 12.8 Å². The summed E-state index contributed by atoms with van der Waals surface area (Å²) in [7, 11) is 1.84. The molecule has 0 spiro atoms. The van der Waals surface area contributed by atoms with E-state index in [0.29, 0.717) is 5.56 Å². The summed E-state index contributed by atoms with van der Waals surface area (Å²) in [5, 5.41) is 7.08. The SMILES string of the molecule is Cc1nn(C)c(C)c1[C@@H](C)C(=O)N[C@@H](C(N)=O)c1ccccc1. The summed E-state index contributed by atoms with van der Waals surface area (Å²) in [6, 6.07) is 8.13. The molecule has 0 saturated heterocycles. The van der Waals surface area contributed by atoms with Crippen LogP contribution in [0.5, 0.6) is 0 Å². The number of rotatable bonds is 5. The van der Waals surface area contributed by atoms with E-state index < -0.39 is 17.9 Å². The molecule has 6 heteroatoms. The number of primary amides is 1. The summed E-state index contributed by atoms with van der Waals surface area (Å²) in [5.74, 6) is -1.26. The molecule has 0 saturated carbocycles. The number of nitrogens with zero attached hydrogens (tertiary/aromatic N) is 2. The Morgan fingerprint density at radius 3 is 2.30 bits per heavy atom. The molecule has 6 nitrogen and oxygen atoms in total. The molecule has 0 radical (unpaired) electrons. The van der Waals surface area contributed by atoms with E-state index in [0.717, 1.165) is 17.0 Å². The molecule has 23 heavy (non-hydrogen) atoms. The molecule has 2 aromatic rings. The fourth-order valence-electron chi connectivity index (χ4n) is 2.78. The van der Waals surface area contributed by atoms with Crippen molar-refractivity contribution in [3.8, 4) is 0 Å². The lowest BCUT2D eigenvalue weighted by atomic mass is 9.97. The number of hydrogen-bond acceptors (Lipinski definition) is 3. The van der Waals surface area contributed by atoms with Gasteiger partial charge in [-0.25, -0.2) is 0 Å². The van der Waals surface area contributed by atoms with E-state index in [2.05, 4.69) is 10.4 Å². The Balaban J connectivity index is 2.24. The second kappa shape index (κ2) is 6.64. The van der Waals surface area contributed by atoms with Gasteiger partial charge in [-0.2, -0.15) is 5.10 Å². The van der Waals surface area contributed by atoms with Gasteiger partial charge in [0.2, 0.25) is 11.8 Å². The first-order valence-electron chi connectivity index (χ1n) is 7.47. The van der Waals surface area contributed by atoms with Crippen LogP contribution in [-0.4, -0.2) is 21.6 Å². The van der Waals surface area contributed by atoms with Crippen LogP contribution in [-0.2, 0) is 16.6 Å². The van der Waals surface area contributed by atoms with Gasteiger partial charge in [0.1, 0.15) is 6.04 Å². The molecule has 0 fully saturated rings. The van der Waals surface area contributed by atoms with Crippen molar-refractivity contribution in [1.82, 2.24) is 15.1 Å². The van der Waals surface area contributed by atoms with Crippen LogP contribution in [0.25, 0.3) is 0 Å². The number of carbonyl (C=O) groups excluding carboxylic acids is 2. The lowest BCUT2D eigenvalue weighted by molar-refractivity contribution is -0.128. The van der Waals surface area contributed by atoms with Gasteiger partial charge < -0.3 is 11.1 Å². The third-order valence-corrected chi connectivity index (χ3v) is 4.10. The second-order valence-corrected chi connectivity index (χ2v) is 5.68. The third kappa shape index (κ3) is 3.41. The number of nitrogens with one attached hydrogen (secondary N) is 1. The maximum absolute atomic E-state index is 12.6. The van der Waals surface area contributed by atoms with Gasteiger partial charge in [0, 0.05) is 18.3 Å². The van der Waals surface area contributed by atoms with E-state index >= 15 is 0 Å². The van der Waals surface area contributed by atoms with Gasteiger partial charge in [-0.05, 0) is 26.3 Å². The summed E-state index contributed by atoms with van der Waals surface area (Å²) < 4.78 is 1.75. The van der Waals surface area contributed by atoms with Gasteiger partial charge in [0.15, 0.2) is 0 Å². The molecule has 0 aliphatic rings. The van der Waals surface area contributed by atoms with Crippen molar-refractivity contribution >= 4 is 11.8 Å². The predicted octanol–water partition coefficient (Wildman–Crippen LogP) is 1.48. The normalized spacial score (nSPS) is 13.4. The van der Waals surface area contributed by atoms with E-state index in [9.17, 15) is 9.59 Å². The van der Waals surface area contributed by atoms with Gasteiger partial charge in [0.25, 0.3) is 0 Å². The Morgan fingerprint density at radius 1 is 1.22 bits per heavy atom. The Labute approximate surface area is 135 Å². The van der Waals surface area contributed by atoms with Gasteiger partial charge in [0.05, 0.1) is 11.6 Å². The summed E-state index contributed by atoms with van der Waals surface area (Å²) in [6.45, 7) is 5.59. The van der Waals surface area contributed by atoms with Gasteiger partial charge >= 0.3 is 0 Å². The maximum Gasteiger partial charge on any atom is 0.244 e. The van der Waals surface area contributed by atoms with Crippen LogP contribution >= 0.6 is 0 Å². The highest BCUT2D eigenvalue weighted by molar-refractivity contribution is 5.90. The minimum atomic E-state index is -0.844. The van der Waals surface area contributed by atoms with Crippen LogP contribution in [0.3, 0.4) is 0 Å². The van der Waals surface area contributed by atoms with E-state index in [1.165, 1.54) is 0 Å². The minimum Gasteiger partial charge on any atom is -0.368 e. The van der Waals surface area contributed by atoms with Crippen molar-refractivity contribution in [2.45, 2.75) is 32.7 Å². The van der Waals surface area contributed by atoms with E-state index in [1.54, 1.807) is 35.9 Å². The van der Waals surface area contributed by atoms with E-state index in [1.807, 2.05) is 27.0 Å². The van der Waals surface area contributed by atoms with Crippen LogP contribution in [0.1, 0.15) is 41.4 Å². The highest BCUT2D eigenvalue weighted by Gasteiger charge is 2.27. The molecule has 0 unspecified atom stereocenters. The first-order chi connectivity index (χ1) is 10.8. The van der Waals surface area contributed by atoms with Crippen LogP contribution in [0.4, 0.5) is 0 Å². The zero-order chi connectivity index (χ0) is 17.1. The van der Waals surface area contributed by atoms with E-state index in [-0.39, 0.29) is 5.91 Å². The zero-order valence-corrected chi connectivity index (χ0v) is 13.8. The van der Waals surface area contributed by atoms with Gasteiger partial charge in [-0.3, -0.25) is 14.3 Å². The number of benzene rings is 1. The smallest absolute Gasteiger partial charge is 0.244 e. The molecule has 0 aliphatic carbocycles. The van der Waals surface area contributed by atoms with E-state index in [4.69, 9.17) is 5.73 Å². The molecule has 1 aromatic heterocycles. The lowest BCUT2D eigenvalue weighted by Crippen LogP contribution is -2.39. The first kappa shape index (κ1) is 16.7. The number of aromatic nitrogens is 2. The standard InChI is InChI=1S/C17H22N4O2/c1-10(14-11(2)20-21(4)12(14)3)17(23)19-15(16(18)22)13-8-6-5-7-9-13/h5-10,15H,1-4H3,(H2,18,22)(H,19,23)/t10-,15-/m1/s1. The fourth-order valence-corrected chi connectivity index (χ4v) is 2.78. The van der Waals surface area contributed by atoms with Gasteiger partial charge in [-0.1, -0.05) is 30.3 Å². The molecule has 2 atom stereocenters. The largest absolute Gasteiger partial charge is 0.368 e. The highest BCUT2D eigenvalue weighted by Crippen LogP contribution is 2.24. The Hall–Kier alpha value is -2.63. The molecular formula is C17H22N4O2. The predicted molar refractivity (Wildman–Crippen MR) is 87.6 cm³/mol. The fraction of sp³-hybridized carbons (Fsp3) is 0.353. The molecule has 3 N–H and O–H groups in total. The van der Waals surface area contributed by atoms with Crippen LogP contribution < -0.4 is 11.1 Å². The maximum atomic E-state index is 12.6. The van der Waals surface area contributed by atoms with Crippen molar-refractivity contribution < 1.29 is 9.59 Å². The minimum absolute atomic E-state index is 0.253. The molecule has 2 rings (SSSR count). The van der Waals surface area contributed by atoms with Crippen molar-refractivity contribution in [2.75, 3.05) is 0 Å². The Morgan fingerprint density at radius 2 is 1.83 bits per heavy atom. The van der Waals surface area contributed by atoms with Gasteiger partial charge in [-0.15, -0.1) is 0 Å². The van der Waals surface area contributed by atoms with Crippen LogP contribution in [0.2, 0.25) is 0 Å². The monoisotopic (exact) mass is 314 g/mol. The summed E-state index contributed by atoms with van der Waals surface area (Å²) in [5.41, 5.74) is 8.73.